The predicted octanol–water partition coefficient (Wildman–Crippen LogP) is 2.07. The van der Waals surface area contributed by atoms with Crippen molar-refractivity contribution in [2.45, 2.75) is 40.5 Å². The molecule has 3 rings (SSSR count). The van der Waals surface area contributed by atoms with E-state index in [1.807, 2.05) is 37.6 Å². The Morgan fingerprint density at radius 1 is 1.03 bits per heavy atom. The van der Waals surface area contributed by atoms with E-state index >= 15 is 0 Å². The number of aryl methyl sites for hydroxylation is 2. The molecule has 0 atom stereocenters. The Morgan fingerprint density at radius 2 is 1.68 bits per heavy atom. The maximum absolute atomic E-state index is 12.8. The van der Waals surface area contributed by atoms with Gasteiger partial charge in [-0.1, -0.05) is 19.1 Å². The van der Waals surface area contributed by atoms with Crippen LogP contribution < -0.4 is 10.0 Å². The summed E-state index contributed by atoms with van der Waals surface area (Å²) in [5.74, 6) is -0.921. The van der Waals surface area contributed by atoms with Crippen molar-refractivity contribution >= 4 is 37.8 Å². The summed E-state index contributed by atoms with van der Waals surface area (Å²) in [7, 11) is -7.62. The van der Waals surface area contributed by atoms with Gasteiger partial charge >= 0.3 is 10.2 Å². The standard InChI is InChI=1S/C21H31N5O6S2/c1-5-13-33(28,29)25-9-6-10-26(12-11-25)34(30,31)24-20(27)18-14-32-21(22-18)23-19-16(3)8-7-15(2)17(19)4/h7-8,14H,5-6,9-13H2,1-4H3,(H,22,23)(H,24,27). The lowest BCUT2D eigenvalue weighted by Gasteiger charge is -2.21. The summed E-state index contributed by atoms with van der Waals surface area (Å²) >= 11 is 0. The molecule has 0 saturated carbocycles. The Kier molecular flexibility index (Phi) is 8.01. The van der Waals surface area contributed by atoms with Crippen LogP contribution in [0.2, 0.25) is 0 Å². The van der Waals surface area contributed by atoms with Crippen LogP contribution in [0.1, 0.15) is 46.9 Å². The number of rotatable bonds is 8. The molecule has 1 fully saturated rings. The van der Waals surface area contributed by atoms with E-state index in [0.717, 1.165) is 32.9 Å². The molecule has 34 heavy (non-hydrogen) atoms. The molecule has 1 aromatic carbocycles. The van der Waals surface area contributed by atoms with Gasteiger partial charge in [0.25, 0.3) is 11.9 Å². The van der Waals surface area contributed by atoms with Crippen LogP contribution in [0.15, 0.2) is 22.8 Å². The Bertz CT molecular complexity index is 1260. The van der Waals surface area contributed by atoms with Crippen molar-refractivity contribution in [1.82, 2.24) is 18.3 Å². The van der Waals surface area contributed by atoms with Gasteiger partial charge in [-0.2, -0.15) is 17.7 Å². The first-order valence-corrected chi connectivity index (χ1v) is 14.1. The Morgan fingerprint density at radius 3 is 2.38 bits per heavy atom. The van der Waals surface area contributed by atoms with Gasteiger partial charge in [0, 0.05) is 31.9 Å². The van der Waals surface area contributed by atoms with Crippen LogP contribution in [0.4, 0.5) is 11.7 Å². The summed E-state index contributed by atoms with van der Waals surface area (Å²) in [6.45, 7) is 7.93. The van der Waals surface area contributed by atoms with E-state index in [2.05, 4.69) is 10.3 Å². The molecule has 11 nitrogen and oxygen atoms in total. The molecule has 1 saturated heterocycles. The molecule has 2 N–H and O–H groups in total. The number of carbonyl (C=O) groups is 1. The van der Waals surface area contributed by atoms with Crippen LogP contribution in [0, 0.1) is 20.8 Å². The maximum atomic E-state index is 12.8. The van der Waals surface area contributed by atoms with Crippen molar-refractivity contribution in [3.63, 3.8) is 0 Å². The molecule has 1 aliphatic heterocycles. The van der Waals surface area contributed by atoms with E-state index < -0.39 is 26.1 Å². The van der Waals surface area contributed by atoms with Crippen LogP contribution in [-0.2, 0) is 20.2 Å². The van der Waals surface area contributed by atoms with Gasteiger partial charge in [-0.25, -0.2) is 17.4 Å². The summed E-state index contributed by atoms with van der Waals surface area (Å²) in [6, 6.07) is 4.01. The molecule has 1 aromatic heterocycles. The topological polar surface area (TPSA) is 142 Å². The molecule has 0 aliphatic carbocycles. The van der Waals surface area contributed by atoms with Crippen LogP contribution in [0.5, 0.6) is 0 Å². The number of anilines is 2. The molecular formula is C21H31N5O6S2. The lowest BCUT2D eigenvalue weighted by molar-refractivity contribution is 0.0974. The van der Waals surface area contributed by atoms with Crippen molar-refractivity contribution in [2.24, 2.45) is 0 Å². The zero-order valence-corrected chi connectivity index (χ0v) is 21.4. The van der Waals surface area contributed by atoms with Gasteiger partial charge in [-0.3, -0.25) is 4.79 Å². The third-order valence-electron chi connectivity index (χ3n) is 5.74. The minimum atomic E-state index is -4.19. The first kappa shape index (κ1) is 26.1. The first-order valence-electron chi connectivity index (χ1n) is 11.0. The number of sulfonamides is 1. The molecule has 2 heterocycles. The number of hydrogen-bond donors (Lipinski definition) is 2. The number of aromatic nitrogens is 1. The highest BCUT2D eigenvalue weighted by molar-refractivity contribution is 7.89. The summed E-state index contributed by atoms with van der Waals surface area (Å²) in [6.07, 6.45) is 1.88. The molecule has 13 heteroatoms. The van der Waals surface area contributed by atoms with E-state index in [0.29, 0.717) is 12.8 Å². The van der Waals surface area contributed by atoms with Crippen LogP contribution in [0.3, 0.4) is 0 Å². The third kappa shape index (κ3) is 5.95. The Hall–Kier alpha value is -2.48. The normalized spacial score (nSPS) is 16.2. The number of nitrogens with one attached hydrogen (secondary N) is 2. The van der Waals surface area contributed by atoms with Crippen LogP contribution in [-0.4, -0.2) is 68.3 Å². The van der Waals surface area contributed by atoms with Gasteiger partial charge < -0.3 is 9.73 Å². The van der Waals surface area contributed by atoms with E-state index in [-0.39, 0.29) is 43.6 Å². The summed E-state index contributed by atoms with van der Waals surface area (Å²) in [4.78, 5) is 16.6. The van der Waals surface area contributed by atoms with Crippen molar-refractivity contribution in [1.29, 1.82) is 0 Å². The molecule has 0 spiro atoms. The predicted molar refractivity (Wildman–Crippen MR) is 129 cm³/mol. The number of carbonyl (C=O) groups excluding carboxylic acids is 1. The SMILES string of the molecule is CCCS(=O)(=O)N1CCCN(S(=O)(=O)NC(=O)c2coc(Nc3c(C)ccc(C)c3C)n2)CC1. The number of oxazole rings is 1. The maximum Gasteiger partial charge on any atom is 0.304 e. The zero-order valence-electron chi connectivity index (χ0n) is 19.8. The second-order valence-electron chi connectivity index (χ2n) is 8.27. The van der Waals surface area contributed by atoms with Crippen molar-refractivity contribution in [3.8, 4) is 0 Å². The summed E-state index contributed by atoms with van der Waals surface area (Å²) in [5.41, 5.74) is 3.64. The third-order valence-corrected chi connectivity index (χ3v) is 9.31. The van der Waals surface area contributed by atoms with Crippen LogP contribution >= 0.6 is 0 Å². The molecule has 0 bridgehead atoms. The first-order chi connectivity index (χ1) is 15.9. The molecule has 1 aliphatic rings. The highest BCUT2D eigenvalue weighted by Crippen LogP contribution is 2.26. The van der Waals surface area contributed by atoms with Gasteiger partial charge in [0.1, 0.15) is 6.26 Å². The molecular weight excluding hydrogens is 482 g/mol. The smallest absolute Gasteiger partial charge is 0.304 e. The Labute approximate surface area is 200 Å². The molecule has 2 aromatic rings. The Balaban J connectivity index is 1.67. The van der Waals surface area contributed by atoms with E-state index in [1.54, 1.807) is 6.92 Å². The van der Waals surface area contributed by atoms with E-state index in [4.69, 9.17) is 4.42 Å². The minimum absolute atomic E-state index is 0.0145. The van der Waals surface area contributed by atoms with Crippen molar-refractivity contribution < 1.29 is 26.0 Å². The monoisotopic (exact) mass is 513 g/mol. The van der Waals surface area contributed by atoms with Crippen LogP contribution in [0.25, 0.3) is 0 Å². The summed E-state index contributed by atoms with van der Waals surface area (Å²) < 4.78 is 59.9. The fourth-order valence-electron chi connectivity index (χ4n) is 3.70. The largest absolute Gasteiger partial charge is 0.431 e. The fraction of sp³-hybridized carbons (Fsp3) is 0.524. The van der Waals surface area contributed by atoms with Gasteiger partial charge in [0.05, 0.1) is 5.75 Å². The molecule has 1 amide bonds. The lowest BCUT2D eigenvalue weighted by atomic mass is 10.0. The molecule has 0 unspecified atom stereocenters. The van der Waals surface area contributed by atoms with Gasteiger partial charge in [0.2, 0.25) is 10.0 Å². The van der Waals surface area contributed by atoms with Gasteiger partial charge in [-0.15, -0.1) is 0 Å². The van der Waals surface area contributed by atoms with Gasteiger partial charge in [-0.05, 0) is 50.3 Å². The van der Waals surface area contributed by atoms with Crippen molar-refractivity contribution in [3.05, 3.63) is 40.8 Å². The van der Waals surface area contributed by atoms with E-state index in [9.17, 15) is 21.6 Å². The average molecular weight is 514 g/mol. The minimum Gasteiger partial charge on any atom is -0.431 e. The molecule has 188 valence electrons. The average Bonchev–Trinajstić information content (AvgIpc) is 3.07. The highest BCUT2D eigenvalue weighted by Gasteiger charge is 2.31. The summed E-state index contributed by atoms with van der Waals surface area (Å²) in [5, 5.41) is 3.04. The number of amides is 1. The number of hydrogen-bond acceptors (Lipinski definition) is 8. The van der Waals surface area contributed by atoms with Crippen molar-refractivity contribution in [2.75, 3.05) is 37.2 Å². The second kappa shape index (κ2) is 10.4. The highest BCUT2D eigenvalue weighted by atomic mass is 32.2. The number of benzene rings is 1. The number of nitrogens with zero attached hydrogens (tertiary/aromatic N) is 3. The lowest BCUT2D eigenvalue weighted by Crippen LogP contribution is -2.45. The second-order valence-corrected chi connectivity index (χ2v) is 12.0. The molecule has 0 radical (unpaired) electrons. The van der Waals surface area contributed by atoms with E-state index in [1.165, 1.54) is 4.31 Å². The zero-order chi connectivity index (χ0) is 25.1. The van der Waals surface area contributed by atoms with Gasteiger partial charge in [0.15, 0.2) is 5.69 Å². The quantitative estimate of drug-likeness (QED) is 0.546. The fourth-order valence-corrected chi connectivity index (χ4v) is 6.40.